The third-order valence-electron chi connectivity index (χ3n) is 4.30. The van der Waals surface area contributed by atoms with E-state index in [2.05, 4.69) is 20.6 Å². The summed E-state index contributed by atoms with van der Waals surface area (Å²) in [7, 11) is 0. The molecule has 0 spiro atoms. The van der Waals surface area contributed by atoms with Crippen LogP contribution in [0.4, 0.5) is 30.2 Å². The van der Waals surface area contributed by atoms with Crippen LogP contribution in [0.1, 0.15) is 12.5 Å². The molecule has 0 unspecified atom stereocenters. The van der Waals surface area contributed by atoms with Crippen LogP contribution in [0.5, 0.6) is 0 Å². The number of fused-ring (bicyclic) bond motifs is 3. The van der Waals surface area contributed by atoms with Gasteiger partial charge in [0.15, 0.2) is 0 Å². The van der Waals surface area contributed by atoms with E-state index in [-0.39, 0.29) is 5.91 Å². The molecule has 2 aromatic heterocycles. The zero-order valence-corrected chi connectivity index (χ0v) is 14.7. The van der Waals surface area contributed by atoms with Gasteiger partial charge in [0.2, 0.25) is 5.91 Å². The van der Waals surface area contributed by atoms with Crippen molar-refractivity contribution in [3.63, 3.8) is 0 Å². The lowest BCUT2D eigenvalue weighted by atomic mass is 10.1. The van der Waals surface area contributed by atoms with Crippen LogP contribution in [0, 0.1) is 0 Å². The number of rotatable bonds is 3. The number of hydrogen-bond donors (Lipinski definition) is 3. The van der Waals surface area contributed by atoms with Gasteiger partial charge in [-0.3, -0.25) is 4.79 Å². The highest BCUT2D eigenvalue weighted by Crippen LogP contribution is 2.34. The summed E-state index contributed by atoms with van der Waals surface area (Å²) >= 11 is 0. The number of hydrogen-bond acceptors (Lipinski definition) is 3. The summed E-state index contributed by atoms with van der Waals surface area (Å²) in [5.74, 6) is -0.168. The van der Waals surface area contributed by atoms with Crippen molar-refractivity contribution >= 4 is 44.9 Å². The Morgan fingerprint density at radius 1 is 1.04 bits per heavy atom. The fraction of sp³-hybridized carbons (Fsp3) is 0.100. The SMILES string of the molecule is CC(=O)Nc1ccc2c(c1)[nH]c1nccc(Nc3ccc(C(F)(F)F)cc3)c12. The van der Waals surface area contributed by atoms with Crippen molar-refractivity contribution in [1.29, 1.82) is 0 Å². The molecule has 0 aliphatic heterocycles. The Bertz CT molecular complexity index is 1180. The van der Waals surface area contributed by atoms with Crippen LogP contribution in [0.3, 0.4) is 0 Å². The molecule has 1 amide bonds. The zero-order chi connectivity index (χ0) is 19.9. The number of anilines is 3. The van der Waals surface area contributed by atoms with Gasteiger partial charge in [0.25, 0.3) is 0 Å². The van der Waals surface area contributed by atoms with E-state index in [1.54, 1.807) is 24.4 Å². The van der Waals surface area contributed by atoms with Gasteiger partial charge >= 0.3 is 6.18 Å². The molecule has 5 nitrogen and oxygen atoms in total. The van der Waals surface area contributed by atoms with E-state index >= 15 is 0 Å². The lowest BCUT2D eigenvalue weighted by Crippen LogP contribution is -2.05. The van der Waals surface area contributed by atoms with Crippen LogP contribution >= 0.6 is 0 Å². The number of carbonyl (C=O) groups is 1. The molecule has 142 valence electrons. The Morgan fingerprint density at radius 2 is 1.75 bits per heavy atom. The molecule has 2 heterocycles. The second-order valence-electron chi connectivity index (χ2n) is 6.35. The van der Waals surface area contributed by atoms with Crippen molar-refractivity contribution in [3.05, 3.63) is 60.3 Å². The summed E-state index contributed by atoms with van der Waals surface area (Å²) in [5.41, 5.74) is 2.62. The van der Waals surface area contributed by atoms with Gasteiger partial charge in [0, 0.05) is 35.4 Å². The third kappa shape index (κ3) is 3.36. The Hall–Kier alpha value is -3.55. The highest BCUT2D eigenvalue weighted by molar-refractivity contribution is 6.13. The number of H-pyrrole nitrogens is 1. The minimum absolute atomic E-state index is 0.168. The molecule has 0 bridgehead atoms. The summed E-state index contributed by atoms with van der Waals surface area (Å²) in [6, 6.07) is 12.1. The van der Waals surface area contributed by atoms with Crippen molar-refractivity contribution in [2.24, 2.45) is 0 Å². The second-order valence-corrected chi connectivity index (χ2v) is 6.35. The van der Waals surface area contributed by atoms with Gasteiger partial charge in [-0.05, 0) is 42.5 Å². The van der Waals surface area contributed by atoms with Gasteiger partial charge < -0.3 is 15.6 Å². The number of aromatic nitrogens is 2. The summed E-state index contributed by atoms with van der Waals surface area (Å²) < 4.78 is 38.2. The molecule has 0 saturated carbocycles. The first-order valence-electron chi connectivity index (χ1n) is 8.43. The normalized spacial score (nSPS) is 11.7. The topological polar surface area (TPSA) is 69.8 Å². The quantitative estimate of drug-likeness (QED) is 0.441. The van der Waals surface area contributed by atoms with Crippen molar-refractivity contribution in [1.82, 2.24) is 9.97 Å². The van der Waals surface area contributed by atoms with E-state index in [0.717, 1.165) is 28.4 Å². The highest BCUT2D eigenvalue weighted by atomic mass is 19.4. The zero-order valence-electron chi connectivity index (χ0n) is 14.7. The second kappa shape index (κ2) is 6.56. The number of halogens is 3. The monoisotopic (exact) mass is 384 g/mol. The molecule has 0 aliphatic carbocycles. The molecule has 4 aromatic rings. The van der Waals surface area contributed by atoms with E-state index in [1.807, 2.05) is 6.07 Å². The number of alkyl halides is 3. The summed E-state index contributed by atoms with van der Waals surface area (Å²) in [4.78, 5) is 18.8. The number of amides is 1. The molecule has 0 fully saturated rings. The molecule has 0 saturated heterocycles. The number of pyridine rings is 1. The number of aromatic amines is 1. The maximum atomic E-state index is 12.7. The van der Waals surface area contributed by atoms with Gasteiger partial charge in [0.05, 0.1) is 16.6 Å². The standard InChI is InChI=1S/C20H15F3N4O/c1-11(28)25-14-6-7-15-17(10-14)27-19-18(15)16(8-9-24-19)26-13-4-2-12(3-5-13)20(21,22)23/h2-10H,1H3,(H,25,28)(H2,24,26,27). The smallest absolute Gasteiger partial charge is 0.355 e. The van der Waals surface area contributed by atoms with E-state index in [9.17, 15) is 18.0 Å². The maximum Gasteiger partial charge on any atom is 0.416 e. The van der Waals surface area contributed by atoms with Crippen LogP contribution in [0.25, 0.3) is 21.9 Å². The molecule has 2 aromatic carbocycles. The lowest BCUT2D eigenvalue weighted by molar-refractivity contribution is -0.137. The van der Waals surface area contributed by atoms with Crippen LogP contribution in [0.15, 0.2) is 54.7 Å². The van der Waals surface area contributed by atoms with Gasteiger partial charge in [-0.2, -0.15) is 13.2 Å². The molecule has 28 heavy (non-hydrogen) atoms. The van der Waals surface area contributed by atoms with Gasteiger partial charge in [-0.25, -0.2) is 4.98 Å². The Morgan fingerprint density at radius 3 is 2.43 bits per heavy atom. The Labute approximate surface area is 157 Å². The van der Waals surface area contributed by atoms with E-state index in [1.165, 1.54) is 19.1 Å². The molecule has 8 heteroatoms. The summed E-state index contributed by atoms with van der Waals surface area (Å²) in [5, 5.41) is 7.57. The lowest BCUT2D eigenvalue weighted by Gasteiger charge is -2.10. The maximum absolute atomic E-state index is 12.7. The fourth-order valence-corrected chi connectivity index (χ4v) is 3.11. The molecule has 0 atom stereocenters. The van der Waals surface area contributed by atoms with Gasteiger partial charge in [-0.15, -0.1) is 0 Å². The van der Waals surface area contributed by atoms with Crippen LogP contribution in [0.2, 0.25) is 0 Å². The first-order valence-corrected chi connectivity index (χ1v) is 8.43. The Balaban J connectivity index is 1.74. The Kier molecular flexibility index (Phi) is 4.18. The highest BCUT2D eigenvalue weighted by Gasteiger charge is 2.29. The molecule has 0 radical (unpaired) electrons. The molecule has 4 rings (SSSR count). The number of carbonyl (C=O) groups excluding carboxylic acids is 1. The van der Waals surface area contributed by atoms with Gasteiger partial charge in [0.1, 0.15) is 5.65 Å². The predicted octanol–water partition coefficient (Wildman–Crippen LogP) is 5.44. The van der Waals surface area contributed by atoms with E-state index < -0.39 is 11.7 Å². The molecular weight excluding hydrogens is 369 g/mol. The number of benzene rings is 2. The average Bonchev–Trinajstić information content (AvgIpc) is 2.99. The molecule has 0 aliphatic rings. The average molecular weight is 384 g/mol. The number of nitrogens with zero attached hydrogens (tertiary/aromatic N) is 1. The first kappa shape index (κ1) is 17.8. The van der Waals surface area contributed by atoms with Crippen molar-refractivity contribution in [2.75, 3.05) is 10.6 Å². The predicted molar refractivity (Wildman–Crippen MR) is 103 cm³/mol. The first-order chi connectivity index (χ1) is 13.3. The third-order valence-corrected chi connectivity index (χ3v) is 4.30. The minimum atomic E-state index is -4.37. The molecular formula is C20H15F3N4O. The van der Waals surface area contributed by atoms with Crippen LogP contribution < -0.4 is 10.6 Å². The van der Waals surface area contributed by atoms with Crippen LogP contribution in [-0.2, 0) is 11.0 Å². The van der Waals surface area contributed by atoms with Crippen molar-refractivity contribution in [2.45, 2.75) is 13.1 Å². The fourth-order valence-electron chi connectivity index (χ4n) is 3.11. The molecule has 3 N–H and O–H groups in total. The van der Waals surface area contributed by atoms with Crippen molar-refractivity contribution in [3.8, 4) is 0 Å². The van der Waals surface area contributed by atoms with E-state index in [4.69, 9.17) is 0 Å². The number of nitrogens with one attached hydrogen (secondary N) is 3. The van der Waals surface area contributed by atoms with E-state index in [0.29, 0.717) is 22.7 Å². The van der Waals surface area contributed by atoms with Gasteiger partial charge in [-0.1, -0.05) is 6.07 Å². The largest absolute Gasteiger partial charge is 0.416 e. The summed E-state index contributed by atoms with van der Waals surface area (Å²) in [6.07, 6.45) is -2.76. The summed E-state index contributed by atoms with van der Waals surface area (Å²) in [6.45, 7) is 1.43. The van der Waals surface area contributed by atoms with Crippen molar-refractivity contribution < 1.29 is 18.0 Å². The minimum Gasteiger partial charge on any atom is -0.355 e. The van der Waals surface area contributed by atoms with Crippen LogP contribution in [-0.4, -0.2) is 15.9 Å².